The molecule has 1 aliphatic heterocycles. The van der Waals surface area contributed by atoms with Crippen LogP contribution in [0.2, 0.25) is 0 Å². The van der Waals surface area contributed by atoms with Crippen molar-refractivity contribution in [3.63, 3.8) is 0 Å². The number of amides is 2. The minimum absolute atomic E-state index is 0.370. The van der Waals surface area contributed by atoms with E-state index in [-0.39, 0.29) is 6.03 Å². The summed E-state index contributed by atoms with van der Waals surface area (Å²) in [5, 5.41) is 12.4. The summed E-state index contributed by atoms with van der Waals surface area (Å²) in [5.41, 5.74) is 9.01. The van der Waals surface area contributed by atoms with Gasteiger partial charge in [0.2, 0.25) is 0 Å². The maximum atomic E-state index is 11.5. The van der Waals surface area contributed by atoms with Gasteiger partial charge in [-0.05, 0) is 67.1 Å². The smallest absolute Gasteiger partial charge is 0.314 e. The van der Waals surface area contributed by atoms with Crippen LogP contribution in [0.5, 0.6) is 0 Å². The number of anilines is 3. The lowest BCUT2D eigenvalue weighted by Crippen LogP contribution is -2.38. The van der Waals surface area contributed by atoms with Gasteiger partial charge in [0.15, 0.2) is 0 Å². The second kappa shape index (κ2) is 9.35. The Balaban J connectivity index is 1.37. The summed E-state index contributed by atoms with van der Waals surface area (Å²) >= 11 is 0. The van der Waals surface area contributed by atoms with E-state index in [1.54, 1.807) is 23.2 Å². The molecule has 4 heterocycles. The van der Waals surface area contributed by atoms with Crippen LogP contribution in [0, 0.1) is 11.3 Å². The van der Waals surface area contributed by atoms with E-state index in [0.717, 1.165) is 30.0 Å². The number of urea groups is 1. The number of nitrogens with one attached hydrogen (secondary N) is 1. The lowest BCUT2D eigenvalue weighted by molar-refractivity contribution is 0.211. The molecule has 0 aromatic carbocycles. The first-order chi connectivity index (χ1) is 16.6. The van der Waals surface area contributed by atoms with Gasteiger partial charge in [0.25, 0.3) is 0 Å². The zero-order chi connectivity index (χ0) is 23.5. The molecule has 2 aliphatic rings. The first-order valence-corrected chi connectivity index (χ1v) is 11.5. The fourth-order valence-electron chi connectivity index (χ4n) is 4.21. The molecule has 3 aromatic heterocycles. The van der Waals surface area contributed by atoms with E-state index < -0.39 is 0 Å². The Bertz CT molecular complexity index is 1230. The second-order valence-corrected chi connectivity index (χ2v) is 8.68. The summed E-state index contributed by atoms with van der Waals surface area (Å²) < 4.78 is 0. The minimum atomic E-state index is -0.370. The van der Waals surface area contributed by atoms with Gasteiger partial charge in [-0.3, -0.25) is 0 Å². The Hall–Kier alpha value is -4.19. The highest BCUT2D eigenvalue weighted by molar-refractivity contribution is 5.72. The zero-order valence-electron chi connectivity index (χ0n) is 18.8. The van der Waals surface area contributed by atoms with Gasteiger partial charge in [-0.25, -0.2) is 19.7 Å². The maximum absolute atomic E-state index is 11.5. The topological polar surface area (TPSA) is 124 Å². The lowest BCUT2D eigenvalue weighted by atomic mass is 10.1. The number of aromatic nitrogens is 3. The Morgan fingerprint density at radius 3 is 2.68 bits per heavy atom. The van der Waals surface area contributed by atoms with Crippen molar-refractivity contribution in [2.45, 2.75) is 25.2 Å². The monoisotopic (exact) mass is 454 g/mol. The number of hydrogen-bond acceptors (Lipinski definition) is 7. The van der Waals surface area contributed by atoms with Crippen LogP contribution >= 0.6 is 0 Å². The van der Waals surface area contributed by atoms with Crippen LogP contribution in [0.15, 0.2) is 48.8 Å². The van der Waals surface area contributed by atoms with E-state index in [2.05, 4.69) is 33.4 Å². The van der Waals surface area contributed by atoms with Gasteiger partial charge in [0.05, 0.1) is 17.3 Å². The van der Waals surface area contributed by atoms with Crippen molar-refractivity contribution in [3.05, 3.63) is 59.9 Å². The van der Waals surface area contributed by atoms with Gasteiger partial charge in [-0.15, -0.1) is 0 Å². The number of primary amides is 1. The van der Waals surface area contributed by atoms with E-state index >= 15 is 0 Å². The lowest BCUT2D eigenvalue weighted by Gasteiger charge is -2.22. The van der Waals surface area contributed by atoms with E-state index in [1.165, 1.54) is 18.4 Å². The SMILES string of the molecule is N#Cc1ccnc(Nc2cc(C3CC3)cc(-c3ccc(N4CCCN(C(N)=O)CC4)nc3)n2)c1. The van der Waals surface area contributed by atoms with Gasteiger partial charge >= 0.3 is 6.03 Å². The van der Waals surface area contributed by atoms with Gasteiger partial charge in [0.1, 0.15) is 17.5 Å². The molecule has 0 bridgehead atoms. The number of carbonyl (C=O) groups is 1. The summed E-state index contributed by atoms with van der Waals surface area (Å²) in [6, 6.07) is 13.4. The summed E-state index contributed by atoms with van der Waals surface area (Å²) in [6.45, 7) is 2.80. The van der Waals surface area contributed by atoms with Crippen molar-refractivity contribution in [2.75, 3.05) is 36.4 Å². The average Bonchev–Trinajstić information content (AvgIpc) is 3.71. The van der Waals surface area contributed by atoms with E-state index in [0.29, 0.717) is 42.8 Å². The second-order valence-electron chi connectivity index (χ2n) is 8.68. The predicted octanol–water partition coefficient (Wildman–Crippen LogP) is 3.62. The molecule has 0 radical (unpaired) electrons. The van der Waals surface area contributed by atoms with Crippen molar-refractivity contribution in [1.82, 2.24) is 19.9 Å². The number of nitrogens with two attached hydrogens (primary N) is 1. The first kappa shape index (κ1) is 21.6. The molecule has 1 saturated heterocycles. The van der Waals surface area contributed by atoms with E-state index in [9.17, 15) is 4.79 Å². The fraction of sp³-hybridized carbons (Fsp3) is 0.320. The molecule has 3 N–H and O–H groups in total. The standard InChI is InChI=1S/C25H26N8O/c26-15-17-6-7-28-22(12-17)31-23-14-20(18-2-3-18)13-21(30-23)19-4-5-24(29-16-19)32-8-1-9-33(11-10-32)25(27)34/h4-7,12-14,16,18H,1-3,8-11H2,(H2,27,34)(H,28,30,31). The molecule has 0 spiro atoms. The van der Waals surface area contributed by atoms with Gasteiger partial charge in [0, 0.05) is 44.1 Å². The number of carbonyl (C=O) groups excluding carboxylic acids is 1. The van der Waals surface area contributed by atoms with Crippen LogP contribution in [-0.2, 0) is 0 Å². The highest BCUT2D eigenvalue weighted by Gasteiger charge is 2.25. The molecule has 172 valence electrons. The van der Waals surface area contributed by atoms with Crippen molar-refractivity contribution in [2.24, 2.45) is 5.73 Å². The van der Waals surface area contributed by atoms with Crippen LogP contribution < -0.4 is 16.0 Å². The Kier molecular flexibility index (Phi) is 5.95. The van der Waals surface area contributed by atoms with Crippen molar-refractivity contribution in [1.29, 1.82) is 5.26 Å². The Morgan fingerprint density at radius 2 is 1.94 bits per heavy atom. The number of hydrogen-bond donors (Lipinski definition) is 2. The molecular weight excluding hydrogens is 428 g/mol. The van der Waals surface area contributed by atoms with Gasteiger partial charge < -0.3 is 20.9 Å². The van der Waals surface area contributed by atoms with Gasteiger partial charge in [-0.2, -0.15) is 5.26 Å². The predicted molar refractivity (Wildman–Crippen MR) is 130 cm³/mol. The maximum Gasteiger partial charge on any atom is 0.314 e. The molecule has 2 amide bonds. The van der Waals surface area contributed by atoms with Crippen LogP contribution in [-0.4, -0.2) is 52.1 Å². The number of pyridine rings is 3. The quantitative estimate of drug-likeness (QED) is 0.603. The molecule has 9 heteroatoms. The number of nitriles is 1. The number of nitrogens with zero attached hydrogens (tertiary/aromatic N) is 6. The van der Waals surface area contributed by atoms with Crippen LogP contribution in [0.25, 0.3) is 11.3 Å². The third-order valence-electron chi connectivity index (χ3n) is 6.22. The molecule has 3 aromatic rings. The summed E-state index contributed by atoms with van der Waals surface area (Å²) in [6.07, 6.45) is 6.68. The Morgan fingerprint density at radius 1 is 1.06 bits per heavy atom. The first-order valence-electron chi connectivity index (χ1n) is 11.5. The summed E-state index contributed by atoms with van der Waals surface area (Å²) in [7, 11) is 0. The highest BCUT2D eigenvalue weighted by Crippen LogP contribution is 2.42. The third kappa shape index (κ3) is 4.91. The van der Waals surface area contributed by atoms with Crippen LogP contribution in [0.3, 0.4) is 0 Å². The molecule has 1 saturated carbocycles. The van der Waals surface area contributed by atoms with E-state index in [1.807, 2.05) is 18.3 Å². The average molecular weight is 455 g/mol. The van der Waals surface area contributed by atoms with Crippen LogP contribution in [0.4, 0.5) is 22.2 Å². The normalized spacial score (nSPS) is 16.0. The van der Waals surface area contributed by atoms with Crippen molar-refractivity contribution >= 4 is 23.5 Å². The van der Waals surface area contributed by atoms with Crippen LogP contribution in [0.1, 0.15) is 36.3 Å². The zero-order valence-corrected chi connectivity index (χ0v) is 18.8. The van der Waals surface area contributed by atoms with Crippen molar-refractivity contribution in [3.8, 4) is 17.3 Å². The molecular formula is C25H26N8O. The number of rotatable bonds is 5. The van der Waals surface area contributed by atoms with Gasteiger partial charge in [-0.1, -0.05) is 0 Å². The molecule has 2 fully saturated rings. The molecule has 0 unspecified atom stereocenters. The molecule has 0 atom stereocenters. The fourth-order valence-corrected chi connectivity index (χ4v) is 4.21. The summed E-state index contributed by atoms with van der Waals surface area (Å²) in [5.74, 6) is 2.72. The third-order valence-corrected chi connectivity index (χ3v) is 6.22. The largest absolute Gasteiger partial charge is 0.355 e. The minimum Gasteiger partial charge on any atom is -0.355 e. The highest BCUT2D eigenvalue weighted by atomic mass is 16.2. The van der Waals surface area contributed by atoms with Crippen molar-refractivity contribution < 1.29 is 4.79 Å². The molecule has 34 heavy (non-hydrogen) atoms. The molecule has 5 rings (SSSR count). The Labute approximate surface area is 198 Å². The van der Waals surface area contributed by atoms with E-state index in [4.69, 9.17) is 21.0 Å². The molecule has 1 aliphatic carbocycles. The molecule has 9 nitrogen and oxygen atoms in total. The summed E-state index contributed by atoms with van der Waals surface area (Å²) in [4.78, 5) is 29.2.